The van der Waals surface area contributed by atoms with Gasteiger partial charge in [0.1, 0.15) is 10.6 Å². The Bertz CT molecular complexity index is 638. The monoisotopic (exact) mass is 305 g/mol. The fraction of sp³-hybridized carbons (Fsp3) is 0.600. The summed E-state index contributed by atoms with van der Waals surface area (Å²) in [6, 6.07) is 2.73. The van der Waals surface area contributed by atoms with Gasteiger partial charge in [-0.25, -0.2) is 10.8 Å². The number of anilines is 2. The van der Waals surface area contributed by atoms with Crippen molar-refractivity contribution in [3.05, 3.63) is 10.9 Å². The molecule has 1 saturated carbocycles. The molecule has 2 atom stereocenters. The number of fused-ring (bicyclic) bond motifs is 1. The second kappa shape index (κ2) is 5.77. The summed E-state index contributed by atoms with van der Waals surface area (Å²) in [7, 11) is 2.15. The zero-order valence-electron chi connectivity index (χ0n) is 12.9. The van der Waals surface area contributed by atoms with E-state index in [2.05, 4.69) is 47.3 Å². The first kappa shape index (κ1) is 14.5. The molecular formula is C15H23N5S. The van der Waals surface area contributed by atoms with E-state index in [0.717, 1.165) is 22.0 Å². The zero-order valence-corrected chi connectivity index (χ0v) is 13.7. The van der Waals surface area contributed by atoms with Gasteiger partial charge in [0, 0.05) is 18.0 Å². The van der Waals surface area contributed by atoms with Gasteiger partial charge in [0.15, 0.2) is 0 Å². The van der Waals surface area contributed by atoms with E-state index in [1.165, 1.54) is 30.6 Å². The predicted molar refractivity (Wildman–Crippen MR) is 89.8 cm³/mol. The molecular weight excluding hydrogens is 282 g/mol. The van der Waals surface area contributed by atoms with Crippen LogP contribution >= 0.6 is 11.3 Å². The highest BCUT2D eigenvalue weighted by Crippen LogP contribution is 2.35. The summed E-state index contributed by atoms with van der Waals surface area (Å²) in [5.41, 5.74) is 2.59. The number of hydrazine groups is 1. The maximum atomic E-state index is 5.53. The first-order valence-electron chi connectivity index (χ1n) is 7.56. The van der Waals surface area contributed by atoms with Gasteiger partial charge in [0.25, 0.3) is 0 Å². The summed E-state index contributed by atoms with van der Waals surface area (Å²) >= 11 is 1.69. The van der Waals surface area contributed by atoms with Crippen LogP contribution in [0.2, 0.25) is 0 Å². The smallest absolute Gasteiger partial charge is 0.240 e. The van der Waals surface area contributed by atoms with Crippen LogP contribution in [0.25, 0.3) is 10.2 Å². The molecule has 1 fully saturated rings. The van der Waals surface area contributed by atoms with E-state index in [0.29, 0.717) is 12.0 Å². The fourth-order valence-corrected chi connectivity index (χ4v) is 4.16. The highest BCUT2D eigenvalue weighted by atomic mass is 32.1. The van der Waals surface area contributed by atoms with Crippen molar-refractivity contribution in [2.75, 3.05) is 17.4 Å². The Morgan fingerprint density at radius 2 is 2.19 bits per heavy atom. The van der Waals surface area contributed by atoms with Gasteiger partial charge in [-0.2, -0.15) is 4.98 Å². The van der Waals surface area contributed by atoms with E-state index < -0.39 is 0 Å². The Balaban J connectivity index is 2.01. The number of nitrogens with zero attached hydrogens (tertiary/aromatic N) is 3. The number of aromatic nitrogens is 2. The van der Waals surface area contributed by atoms with E-state index in [-0.39, 0.29) is 0 Å². The van der Waals surface area contributed by atoms with Crippen LogP contribution in [0.4, 0.5) is 11.8 Å². The van der Waals surface area contributed by atoms with Crippen LogP contribution < -0.4 is 16.2 Å². The Hall–Kier alpha value is -1.40. The van der Waals surface area contributed by atoms with Crippen molar-refractivity contribution in [2.45, 2.75) is 45.6 Å². The maximum absolute atomic E-state index is 5.53. The van der Waals surface area contributed by atoms with Crippen molar-refractivity contribution in [1.29, 1.82) is 0 Å². The summed E-state index contributed by atoms with van der Waals surface area (Å²) in [5, 5.41) is 1.14. The van der Waals surface area contributed by atoms with Crippen LogP contribution in [0.5, 0.6) is 0 Å². The molecule has 0 bridgehead atoms. The van der Waals surface area contributed by atoms with Gasteiger partial charge in [0.05, 0.1) is 5.39 Å². The van der Waals surface area contributed by atoms with Gasteiger partial charge in [-0.15, -0.1) is 11.3 Å². The van der Waals surface area contributed by atoms with Crippen molar-refractivity contribution in [1.82, 2.24) is 9.97 Å². The van der Waals surface area contributed by atoms with Crippen LogP contribution in [0.15, 0.2) is 6.07 Å². The Morgan fingerprint density at radius 1 is 1.38 bits per heavy atom. The highest BCUT2D eigenvalue weighted by Gasteiger charge is 2.25. The summed E-state index contributed by atoms with van der Waals surface area (Å²) in [4.78, 5) is 13.7. The lowest BCUT2D eigenvalue weighted by Gasteiger charge is -2.35. The van der Waals surface area contributed by atoms with Crippen molar-refractivity contribution in [3.8, 4) is 0 Å². The predicted octanol–water partition coefficient (Wildman–Crippen LogP) is 3.30. The van der Waals surface area contributed by atoms with E-state index >= 15 is 0 Å². The molecule has 0 saturated heterocycles. The fourth-order valence-electron chi connectivity index (χ4n) is 3.29. The van der Waals surface area contributed by atoms with Crippen molar-refractivity contribution >= 4 is 33.3 Å². The maximum Gasteiger partial charge on any atom is 0.240 e. The number of rotatable bonds is 3. The second-order valence-electron chi connectivity index (χ2n) is 6.13. The lowest BCUT2D eigenvalue weighted by atomic mass is 9.86. The molecule has 0 aliphatic heterocycles. The third-order valence-corrected chi connectivity index (χ3v) is 5.36. The first-order valence-corrected chi connectivity index (χ1v) is 8.37. The molecule has 1 aliphatic carbocycles. The molecule has 0 aromatic carbocycles. The van der Waals surface area contributed by atoms with E-state index in [4.69, 9.17) is 5.84 Å². The van der Waals surface area contributed by atoms with Crippen LogP contribution in [-0.2, 0) is 0 Å². The number of thiophene rings is 1. The first-order chi connectivity index (χ1) is 10.1. The van der Waals surface area contributed by atoms with Crippen molar-refractivity contribution in [3.63, 3.8) is 0 Å². The number of nitrogens with one attached hydrogen (secondary N) is 1. The number of aryl methyl sites for hydroxylation is 1. The molecule has 0 spiro atoms. The molecule has 2 aromatic rings. The molecule has 2 aromatic heterocycles. The molecule has 3 rings (SSSR count). The number of hydrogen-bond acceptors (Lipinski definition) is 6. The average Bonchev–Trinajstić information content (AvgIpc) is 2.85. The van der Waals surface area contributed by atoms with Gasteiger partial charge in [-0.05, 0) is 31.7 Å². The van der Waals surface area contributed by atoms with E-state index in [1.54, 1.807) is 11.3 Å². The standard InChI is InChI=1S/C15H23N5S/c1-9-5-4-6-11(7-9)20(3)13-12-8-10(2)21-14(12)18-15(17-13)19-16/h8-9,11H,4-7,16H2,1-3H3,(H,17,18,19). The number of nitrogen functional groups attached to an aromatic ring is 1. The molecule has 21 heavy (non-hydrogen) atoms. The number of hydrogen-bond donors (Lipinski definition) is 2. The molecule has 1 aliphatic rings. The van der Waals surface area contributed by atoms with Gasteiger partial charge < -0.3 is 4.90 Å². The normalized spacial score (nSPS) is 22.5. The molecule has 2 unspecified atom stereocenters. The van der Waals surface area contributed by atoms with Crippen molar-refractivity contribution < 1.29 is 0 Å². The summed E-state index contributed by atoms with van der Waals surface area (Å²) in [6.07, 6.45) is 5.11. The second-order valence-corrected chi connectivity index (χ2v) is 7.36. The number of nitrogens with two attached hydrogens (primary N) is 1. The quantitative estimate of drug-likeness (QED) is 0.673. The summed E-state index contributed by atoms with van der Waals surface area (Å²) in [6.45, 7) is 4.45. The van der Waals surface area contributed by atoms with Crippen molar-refractivity contribution in [2.24, 2.45) is 11.8 Å². The third-order valence-electron chi connectivity index (χ3n) is 4.42. The zero-order chi connectivity index (χ0) is 15.0. The summed E-state index contributed by atoms with van der Waals surface area (Å²) in [5.74, 6) is 7.81. The van der Waals surface area contributed by atoms with Gasteiger partial charge in [-0.3, -0.25) is 5.43 Å². The molecule has 0 radical (unpaired) electrons. The topological polar surface area (TPSA) is 67.1 Å². The van der Waals surface area contributed by atoms with Gasteiger partial charge in [-0.1, -0.05) is 19.8 Å². The lowest BCUT2D eigenvalue weighted by Crippen LogP contribution is -2.36. The largest absolute Gasteiger partial charge is 0.356 e. The molecule has 3 N–H and O–H groups in total. The molecule has 6 heteroatoms. The Labute approximate surface area is 129 Å². The summed E-state index contributed by atoms with van der Waals surface area (Å²) < 4.78 is 0. The molecule has 114 valence electrons. The molecule has 2 heterocycles. The SMILES string of the molecule is Cc1cc2c(N(C)C3CCCC(C)C3)nc(NN)nc2s1. The average molecular weight is 305 g/mol. The van der Waals surface area contributed by atoms with Crippen LogP contribution in [0.3, 0.4) is 0 Å². The van der Waals surface area contributed by atoms with Crippen LogP contribution in [-0.4, -0.2) is 23.1 Å². The Morgan fingerprint density at radius 3 is 2.90 bits per heavy atom. The third kappa shape index (κ3) is 2.82. The van der Waals surface area contributed by atoms with Gasteiger partial charge >= 0.3 is 0 Å². The van der Waals surface area contributed by atoms with E-state index in [9.17, 15) is 0 Å². The minimum Gasteiger partial charge on any atom is -0.356 e. The highest BCUT2D eigenvalue weighted by molar-refractivity contribution is 7.18. The minimum atomic E-state index is 0.495. The van der Waals surface area contributed by atoms with Crippen LogP contribution in [0, 0.1) is 12.8 Å². The minimum absolute atomic E-state index is 0.495. The van der Waals surface area contributed by atoms with Crippen LogP contribution in [0.1, 0.15) is 37.5 Å². The van der Waals surface area contributed by atoms with Gasteiger partial charge in [0.2, 0.25) is 5.95 Å². The molecule has 5 nitrogen and oxygen atoms in total. The lowest BCUT2D eigenvalue weighted by molar-refractivity contribution is 0.336. The Kier molecular flexibility index (Phi) is 3.99. The van der Waals surface area contributed by atoms with E-state index in [1.807, 2.05) is 0 Å². The molecule has 0 amide bonds.